The number of aliphatic imine (C=N–C) groups is 1. The molecule has 1 aliphatic rings. The molecule has 0 radical (unpaired) electrons. The van der Waals surface area contributed by atoms with Crippen LogP contribution < -0.4 is 4.90 Å². The van der Waals surface area contributed by atoms with Gasteiger partial charge < -0.3 is 0 Å². The molecule has 3 heterocycles. The van der Waals surface area contributed by atoms with E-state index in [2.05, 4.69) is 20.2 Å². The number of aryl methyl sites for hydroxylation is 2. The number of pyridine rings is 1. The number of benzene rings is 1. The van der Waals surface area contributed by atoms with Crippen LogP contribution in [0.5, 0.6) is 0 Å². The molecule has 8 heteroatoms. The largest absolute Gasteiger partial charge is 0.329 e. The molecular formula is C20H18F3N5. The van der Waals surface area contributed by atoms with Crippen molar-refractivity contribution >= 4 is 17.7 Å². The number of aromatic nitrogens is 3. The highest BCUT2D eigenvalue weighted by Gasteiger charge is 2.49. The fourth-order valence-electron chi connectivity index (χ4n) is 3.36. The maximum atomic E-state index is 15.5. The predicted octanol–water partition coefficient (Wildman–Crippen LogP) is 4.50. The maximum absolute atomic E-state index is 15.5. The van der Waals surface area contributed by atoms with Crippen molar-refractivity contribution in [2.24, 2.45) is 4.99 Å². The van der Waals surface area contributed by atoms with Crippen molar-refractivity contribution < 1.29 is 13.2 Å². The van der Waals surface area contributed by atoms with Crippen LogP contribution in [0.25, 0.3) is 0 Å². The molecule has 28 heavy (non-hydrogen) atoms. The van der Waals surface area contributed by atoms with Gasteiger partial charge in [0, 0.05) is 23.5 Å². The van der Waals surface area contributed by atoms with E-state index in [-0.39, 0.29) is 0 Å². The van der Waals surface area contributed by atoms with E-state index in [1.807, 2.05) is 25.1 Å². The second kappa shape index (κ2) is 6.78. The molecule has 0 fully saturated rings. The Kier molecular flexibility index (Phi) is 4.41. The van der Waals surface area contributed by atoms with Crippen LogP contribution in [0.1, 0.15) is 29.4 Å². The Labute approximate surface area is 159 Å². The first kappa shape index (κ1) is 18.2. The number of H-pyrrole nitrogens is 1. The van der Waals surface area contributed by atoms with Gasteiger partial charge in [0.15, 0.2) is 12.0 Å². The number of anilines is 2. The van der Waals surface area contributed by atoms with Gasteiger partial charge in [0.2, 0.25) is 0 Å². The number of nitrogens with zero attached hydrogens (tertiary/aromatic N) is 4. The Bertz CT molecular complexity index is 1030. The van der Waals surface area contributed by atoms with E-state index in [0.29, 0.717) is 17.9 Å². The van der Waals surface area contributed by atoms with Crippen molar-refractivity contribution in [3.05, 3.63) is 70.9 Å². The van der Waals surface area contributed by atoms with Crippen LogP contribution in [0.15, 0.2) is 47.6 Å². The highest BCUT2D eigenvalue weighted by molar-refractivity contribution is 5.93. The van der Waals surface area contributed by atoms with Gasteiger partial charge >= 0.3 is 5.92 Å². The number of aromatic amines is 1. The van der Waals surface area contributed by atoms with Crippen LogP contribution in [0.4, 0.5) is 24.7 Å². The molecule has 1 unspecified atom stereocenters. The van der Waals surface area contributed by atoms with E-state index >= 15 is 8.78 Å². The molecule has 4 rings (SSSR count). The lowest BCUT2D eigenvalue weighted by molar-refractivity contribution is -0.0329. The number of nitrogens with one attached hydrogen (secondary N) is 1. The van der Waals surface area contributed by atoms with Crippen molar-refractivity contribution in [1.82, 2.24) is 15.2 Å². The molecule has 0 saturated heterocycles. The number of hydrogen-bond acceptors (Lipinski definition) is 4. The molecule has 1 aromatic carbocycles. The average molecular weight is 385 g/mol. The molecule has 2 aromatic heterocycles. The Morgan fingerprint density at radius 3 is 2.68 bits per heavy atom. The Balaban J connectivity index is 1.90. The minimum atomic E-state index is -3.48. The van der Waals surface area contributed by atoms with E-state index in [9.17, 15) is 4.39 Å². The van der Waals surface area contributed by atoms with Gasteiger partial charge in [-0.1, -0.05) is 25.1 Å². The SMILES string of the molecule is CCc1cccc2c1N(c1cc(C)[nH]n1)C(C(F)(F)c1ccc(F)cn1)N=C2. The van der Waals surface area contributed by atoms with Gasteiger partial charge in [-0.3, -0.25) is 20.0 Å². The summed E-state index contributed by atoms with van der Waals surface area (Å²) in [6.45, 7) is 3.76. The number of halogens is 3. The summed E-state index contributed by atoms with van der Waals surface area (Å²) in [5.74, 6) is -3.82. The molecule has 0 aliphatic carbocycles. The Hall–Kier alpha value is -3.16. The molecule has 144 valence electrons. The monoisotopic (exact) mass is 385 g/mol. The lowest BCUT2D eigenvalue weighted by atomic mass is 10.00. The van der Waals surface area contributed by atoms with Crippen molar-refractivity contribution in [2.45, 2.75) is 32.4 Å². The van der Waals surface area contributed by atoms with Crippen LogP contribution in [0.3, 0.4) is 0 Å². The molecule has 1 atom stereocenters. The van der Waals surface area contributed by atoms with E-state index in [1.165, 1.54) is 11.1 Å². The van der Waals surface area contributed by atoms with Crippen LogP contribution in [0.2, 0.25) is 0 Å². The first-order valence-corrected chi connectivity index (χ1v) is 8.88. The summed E-state index contributed by atoms with van der Waals surface area (Å²) in [7, 11) is 0. The van der Waals surface area contributed by atoms with E-state index in [0.717, 1.165) is 35.2 Å². The van der Waals surface area contributed by atoms with Crippen LogP contribution in [-0.4, -0.2) is 27.6 Å². The van der Waals surface area contributed by atoms with Crippen molar-refractivity contribution in [3.63, 3.8) is 0 Å². The first-order valence-electron chi connectivity index (χ1n) is 8.88. The summed E-state index contributed by atoms with van der Waals surface area (Å²) in [6.07, 6.45) is 1.29. The van der Waals surface area contributed by atoms with Gasteiger partial charge in [-0.2, -0.15) is 13.9 Å². The maximum Gasteiger partial charge on any atom is 0.329 e. The molecule has 0 bridgehead atoms. The zero-order valence-electron chi connectivity index (χ0n) is 15.3. The van der Waals surface area contributed by atoms with Crippen LogP contribution in [-0.2, 0) is 12.3 Å². The van der Waals surface area contributed by atoms with E-state index in [4.69, 9.17) is 0 Å². The number of alkyl halides is 2. The summed E-state index contributed by atoms with van der Waals surface area (Å²) in [4.78, 5) is 9.18. The zero-order valence-corrected chi connectivity index (χ0v) is 15.3. The lowest BCUT2D eigenvalue weighted by Gasteiger charge is -2.38. The first-order chi connectivity index (χ1) is 13.4. The lowest BCUT2D eigenvalue weighted by Crippen LogP contribution is -2.45. The van der Waals surface area contributed by atoms with Crippen molar-refractivity contribution in [2.75, 3.05) is 4.90 Å². The third kappa shape index (κ3) is 2.94. The quantitative estimate of drug-likeness (QED) is 0.719. The summed E-state index contributed by atoms with van der Waals surface area (Å²) in [5.41, 5.74) is 2.46. The van der Waals surface area contributed by atoms with Crippen LogP contribution in [0, 0.1) is 12.7 Å². The molecule has 0 amide bonds. The molecular weight excluding hydrogens is 367 g/mol. The predicted molar refractivity (Wildman–Crippen MR) is 101 cm³/mol. The Morgan fingerprint density at radius 2 is 2.04 bits per heavy atom. The van der Waals surface area contributed by atoms with Crippen LogP contribution >= 0.6 is 0 Å². The molecule has 1 aliphatic heterocycles. The zero-order chi connectivity index (χ0) is 19.9. The molecule has 3 aromatic rings. The third-order valence-electron chi connectivity index (χ3n) is 4.70. The average Bonchev–Trinajstić information content (AvgIpc) is 3.12. The van der Waals surface area contributed by atoms with Gasteiger partial charge in [0.25, 0.3) is 0 Å². The summed E-state index contributed by atoms with van der Waals surface area (Å²) in [5, 5.41) is 7.00. The summed E-state index contributed by atoms with van der Waals surface area (Å²) in [6, 6.07) is 9.25. The fourth-order valence-corrected chi connectivity index (χ4v) is 3.36. The molecule has 0 spiro atoms. The summed E-state index contributed by atoms with van der Waals surface area (Å²) < 4.78 is 44.1. The van der Waals surface area contributed by atoms with Gasteiger partial charge in [-0.15, -0.1) is 0 Å². The molecule has 5 nitrogen and oxygen atoms in total. The number of hydrogen-bond donors (Lipinski definition) is 1. The minimum absolute atomic E-state index is 0.336. The highest BCUT2D eigenvalue weighted by Crippen LogP contribution is 2.44. The highest BCUT2D eigenvalue weighted by atomic mass is 19.3. The van der Waals surface area contributed by atoms with Crippen molar-refractivity contribution in [1.29, 1.82) is 0 Å². The van der Waals surface area contributed by atoms with Gasteiger partial charge in [-0.25, -0.2) is 4.39 Å². The fraction of sp³-hybridized carbons (Fsp3) is 0.250. The number of rotatable bonds is 4. The van der Waals surface area contributed by atoms with Crippen molar-refractivity contribution in [3.8, 4) is 0 Å². The van der Waals surface area contributed by atoms with Gasteiger partial charge in [0.1, 0.15) is 11.5 Å². The topological polar surface area (TPSA) is 57.2 Å². The normalized spacial score (nSPS) is 16.3. The minimum Gasteiger partial charge on any atom is -0.295 e. The second-order valence-electron chi connectivity index (χ2n) is 6.62. The number of para-hydroxylation sites is 1. The summed E-state index contributed by atoms with van der Waals surface area (Å²) >= 11 is 0. The van der Waals surface area contributed by atoms with Gasteiger partial charge in [0.05, 0.1) is 11.9 Å². The van der Waals surface area contributed by atoms with E-state index in [1.54, 1.807) is 13.0 Å². The van der Waals surface area contributed by atoms with E-state index < -0.39 is 23.6 Å². The second-order valence-corrected chi connectivity index (χ2v) is 6.62. The standard InChI is InChI=1S/C20H18F3N5/c1-3-13-5-4-6-14-10-25-19(20(22,23)16-8-7-15(21)11-24-16)28(18(13)14)17-9-12(2)26-27-17/h4-11,19H,3H2,1-2H3,(H,26,27). The molecule has 1 N–H and O–H groups in total. The molecule has 0 saturated carbocycles. The smallest absolute Gasteiger partial charge is 0.295 e. The third-order valence-corrected chi connectivity index (χ3v) is 4.70. The van der Waals surface area contributed by atoms with Gasteiger partial charge in [-0.05, 0) is 31.0 Å². The number of fused-ring (bicyclic) bond motifs is 1. The Morgan fingerprint density at radius 1 is 1.21 bits per heavy atom.